The van der Waals surface area contributed by atoms with Gasteiger partial charge in [-0.1, -0.05) is 18.2 Å². The largest absolute Gasteiger partial charge is 0.593 e. The maximum absolute atomic E-state index is 12.0. The first kappa shape index (κ1) is 8.69. The highest BCUT2D eigenvalue weighted by Gasteiger charge is 2.25. The van der Waals surface area contributed by atoms with Crippen molar-refractivity contribution in [3.63, 3.8) is 0 Å². The third kappa shape index (κ3) is 1.72. The van der Waals surface area contributed by atoms with Crippen LogP contribution < -0.4 is 4.81 Å². The second-order valence-electron chi connectivity index (χ2n) is 3.27. The zero-order valence-corrected chi connectivity index (χ0v) is 7.48. The fourth-order valence-electron chi connectivity index (χ4n) is 1.56. The fraction of sp³-hybridized carbons (Fsp3) is 0.400. The summed E-state index contributed by atoms with van der Waals surface area (Å²) in [6.07, 6.45) is 1.94. The van der Waals surface area contributed by atoms with Crippen LogP contribution in [0.1, 0.15) is 12.8 Å². The number of quaternary nitrogens is 1. The minimum atomic E-state index is -0.610. The molecule has 1 heterocycles. The number of rotatable bonds is 1. The van der Waals surface area contributed by atoms with Gasteiger partial charge in [0, 0.05) is 18.6 Å². The second-order valence-corrected chi connectivity index (χ2v) is 3.27. The molecule has 0 bridgehead atoms. The van der Waals surface area contributed by atoms with Crippen molar-refractivity contribution in [1.29, 1.82) is 0 Å². The predicted octanol–water partition coefficient (Wildman–Crippen LogP) is 2.22. The SMILES string of the molecule is [O-][N+]1(c2ccccc2)CCCCO1. The van der Waals surface area contributed by atoms with Gasteiger partial charge in [-0.3, -0.25) is 0 Å². The highest BCUT2D eigenvalue weighted by Crippen LogP contribution is 2.25. The molecule has 1 saturated heterocycles. The molecule has 13 heavy (non-hydrogen) atoms. The number of nitrogens with zero attached hydrogens (tertiary/aromatic N) is 1. The summed E-state index contributed by atoms with van der Waals surface area (Å²) >= 11 is 0. The second kappa shape index (κ2) is 3.46. The maximum atomic E-state index is 12.0. The Morgan fingerprint density at radius 3 is 2.54 bits per heavy atom. The van der Waals surface area contributed by atoms with Crippen LogP contribution in [0.4, 0.5) is 5.69 Å². The van der Waals surface area contributed by atoms with Gasteiger partial charge in [-0.2, -0.15) is 9.65 Å². The Balaban J connectivity index is 2.23. The molecule has 0 aliphatic carbocycles. The Morgan fingerprint density at radius 1 is 1.15 bits per heavy atom. The normalized spacial score (nSPS) is 28.7. The minimum Gasteiger partial charge on any atom is -0.593 e. The average Bonchev–Trinajstić information content (AvgIpc) is 2.20. The van der Waals surface area contributed by atoms with Gasteiger partial charge in [-0.25, -0.2) is 0 Å². The van der Waals surface area contributed by atoms with Gasteiger partial charge >= 0.3 is 0 Å². The summed E-state index contributed by atoms with van der Waals surface area (Å²) in [5.74, 6) is 0. The molecular formula is C10H13NO2. The van der Waals surface area contributed by atoms with Gasteiger partial charge in [-0.15, -0.1) is 0 Å². The Morgan fingerprint density at radius 2 is 1.92 bits per heavy atom. The van der Waals surface area contributed by atoms with Crippen molar-refractivity contribution in [2.75, 3.05) is 13.2 Å². The van der Waals surface area contributed by atoms with E-state index in [2.05, 4.69) is 0 Å². The number of hydroxylamine groups is 2. The molecule has 0 spiro atoms. The molecule has 70 valence electrons. The number of hydrogen-bond donors (Lipinski definition) is 0. The van der Waals surface area contributed by atoms with Gasteiger partial charge in [0.1, 0.15) is 13.2 Å². The summed E-state index contributed by atoms with van der Waals surface area (Å²) in [4.78, 5) is 4.62. The van der Waals surface area contributed by atoms with Crippen molar-refractivity contribution < 1.29 is 4.84 Å². The van der Waals surface area contributed by atoms with E-state index in [0.29, 0.717) is 18.8 Å². The lowest BCUT2D eigenvalue weighted by Gasteiger charge is -2.40. The first-order valence-electron chi connectivity index (χ1n) is 4.60. The van der Waals surface area contributed by atoms with E-state index >= 15 is 0 Å². The minimum absolute atomic E-state index is 0.532. The van der Waals surface area contributed by atoms with Crippen molar-refractivity contribution >= 4 is 5.69 Å². The van der Waals surface area contributed by atoms with Gasteiger partial charge in [0.25, 0.3) is 0 Å². The molecule has 0 aromatic heterocycles. The van der Waals surface area contributed by atoms with E-state index in [0.717, 1.165) is 12.8 Å². The first-order chi connectivity index (χ1) is 6.31. The molecule has 1 aliphatic heterocycles. The van der Waals surface area contributed by atoms with Crippen LogP contribution in [-0.2, 0) is 4.84 Å². The van der Waals surface area contributed by atoms with Gasteiger partial charge in [0.05, 0.1) is 0 Å². The van der Waals surface area contributed by atoms with Crippen LogP contribution in [0.2, 0.25) is 0 Å². The molecule has 0 saturated carbocycles. The monoisotopic (exact) mass is 179 g/mol. The number of hydrogen-bond acceptors (Lipinski definition) is 2. The molecule has 1 aliphatic rings. The van der Waals surface area contributed by atoms with E-state index in [1.165, 1.54) is 0 Å². The molecule has 1 aromatic carbocycles. The Kier molecular flexibility index (Phi) is 2.31. The van der Waals surface area contributed by atoms with Crippen LogP contribution in [0.15, 0.2) is 30.3 Å². The van der Waals surface area contributed by atoms with Crippen LogP contribution in [0.3, 0.4) is 0 Å². The summed E-state index contributed by atoms with van der Waals surface area (Å²) in [6, 6.07) is 9.27. The van der Waals surface area contributed by atoms with Gasteiger partial charge in [-0.05, 0) is 6.42 Å². The lowest BCUT2D eigenvalue weighted by atomic mass is 10.2. The standard InChI is InChI=1S/C10H13NO2/c12-11(8-4-5-9-13-11)10-6-2-1-3-7-10/h1-3,6-7H,4-5,8-9H2. The summed E-state index contributed by atoms with van der Waals surface area (Å²) in [7, 11) is 0. The summed E-state index contributed by atoms with van der Waals surface area (Å²) in [5, 5.41) is 12.0. The van der Waals surface area contributed by atoms with E-state index in [1.54, 1.807) is 0 Å². The highest BCUT2D eigenvalue weighted by molar-refractivity contribution is 5.41. The third-order valence-electron chi connectivity index (χ3n) is 2.30. The lowest BCUT2D eigenvalue weighted by Crippen LogP contribution is -2.46. The fourth-order valence-corrected chi connectivity index (χ4v) is 1.56. The van der Waals surface area contributed by atoms with Gasteiger partial charge in [0.15, 0.2) is 5.69 Å². The molecule has 0 radical (unpaired) electrons. The highest BCUT2D eigenvalue weighted by atomic mass is 16.9. The Labute approximate surface area is 77.7 Å². The van der Waals surface area contributed by atoms with E-state index in [1.807, 2.05) is 30.3 Å². The summed E-state index contributed by atoms with van der Waals surface area (Å²) in [6.45, 7) is 1.10. The maximum Gasteiger partial charge on any atom is 0.165 e. The van der Waals surface area contributed by atoms with E-state index in [9.17, 15) is 5.21 Å². The van der Waals surface area contributed by atoms with Crippen molar-refractivity contribution in [1.82, 2.24) is 4.81 Å². The molecule has 0 amide bonds. The average molecular weight is 179 g/mol. The molecule has 3 heteroatoms. The summed E-state index contributed by atoms with van der Waals surface area (Å²) < 4.78 is 0. The third-order valence-corrected chi connectivity index (χ3v) is 2.30. The van der Waals surface area contributed by atoms with E-state index in [4.69, 9.17) is 4.84 Å². The Hall–Kier alpha value is -0.900. The molecule has 1 atom stereocenters. The van der Waals surface area contributed by atoms with Crippen molar-refractivity contribution in [2.45, 2.75) is 12.8 Å². The van der Waals surface area contributed by atoms with Crippen molar-refractivity contribution in [3.05, 3.63) is 35.5 Å². The lowest BCUT2D eigenvalue weighted by molar-refractivity contribution is -0.133. The van der Waals surface area contributed by atoms with Crippen molar-refractivity contribution in [3.8, 4) is 0 Å². The zero-order chi connectivity index (χ0) is 9.15. The zero-order valence-electron chi connectivity index (χ0n) is 7.48. The van der Waals surface area contributed by atoms with E-state index < -0.39 is 4.81 Å². The topological polar surface area (TPSA) is 32.3 Å². The quantitative estimate of drug-likeness (QED) is 0.489. The smallest absolute Gasteiger partial charge is 0.165 e. The summed E-state index contributed by atoms with van der Waals surface area (Å²) in [5.41, 5.74) is 0.696. The predicted molar refractivity (Wildman–Crippen MR) is 51.7 cm³/mol. The molecule has 3 nitrogen and oxygen atoms in total. The number of benzene rings is 1. The molecule has 1 aromatic rings. The molecule has 1 fully saturated rings. The molecule has 1 unspecified atom stereocenters. The number of para-hydroxylation sites is 1. The molecule has 2 rings (SSSR count). The Bertz CT molecular complexity index is 268. The van der Waals surface area contributed by atoms with Crippen LogP contribution in [-0.4, -0.2) is 13.2 Å². The van der Waals surface area contributed by atoms with Crippen LogP contribution in [0, 0.1) is 5.21 Å². The van der Waals surface area contributed by atoms with Gasteiger partial charge in [0.2, 0.25) is 0 Å². The van der Waals surface area contributed by atoms with E-state index in [-0.39, 0.29) is 0 Å². The van der Waals surface area contributed by atoms with Crippen LogP contribution >= 0.6 is 0 Å². The van der Waals surface area contributed by atoms with Crippen LogP contribution in [0.25, 0.3) is 0 Å². The first-order valence-corrected chi connectivity index (χ1v) is 4.60. The molecular weight excluding hydrogens is 166 g/mol. The van der Waals surface area contributed by atoms with Gasteiger partial charge < -0.3 is 5.21 Å². The van der Waals surface area contributed by atoms with Crippen LogP contribution in [0.5, 0.6) is 0 Å². The molecule has 0 N–H and O–H groups in total. The van der Waals surface area contributed by atoms with Crippen molar-refractivity contribution in [2.24, 2.45) is 0 Å².